The number of piperazine rings is 1. The summed E-state index contributed by atoms with van der Waals surface area (Å²) in [6.45, 7) is 6.76. The standard InChI is InChI=1S/C28H34FN5O2/c29-26-8-1-2-9-27(26)33-15-13-31(14-16-33)18-23-5-3-7-25(17-23)36-21-24-6-4-11-34(19-24)28(35)20-32-12-10-30-22-32/h1-3,5,7-10,12,17,22,24H,4,6,11,13-16,18-21H2. The maximum atomic E-state index is 14.1. The number of carbonyl (C=O) groups excluding carboxylic acids is 1. The van der Waals surface area contributed by atoms with E-state index in [2.05, 4.69) is 26.9 Å². The third-order valence-electron chi connectivity index (χ3n) is 7.10. The number of rotatable bonds is 8. The molecule has 2 fully saturated rings. The summed E-state index contributed by atoms with van der Waals surface area (Å²) in [5.41, 5.74) is 1.91. The summed E-state index contributed by atoms with van der Waals surface area (Å²) in [5, 5.41) is 0. The zero-order valence-corrected chi connectivity index (χ0v) is 20.6. The van der Waals surface area contributed by atoms with E-state index in [4.69, 9.17) is 4.74 Å². The van der Waals surface area contributed by atoms with Gasteiger partial charge >= 0.3 is 0 Å². The molecule has 0 N–H and O–H groups in total. The Bertz CT molecular complexity index is 1130. The average molecular weight is 492 g/mol. The van der Waals surface area contributed by atoms with Gasteiger partial charge < -0.3 is 19.1 Å². The monoisotopic (exact) mass is 491 g/mol. The molecular formula is C28H34FN5O2. The van der Waals surface area contributed by atoms with Crippen LogP contribution in [0.1, 0.15) is 18.4 Å². The number of ether oxygens (including phenoxy) is 1. The highest BCUT2D eigenvalue weighted by molar-refractivity contribution is 5.76. The zero-order valence-electron chi connectivity index (χ0n) is 20.6. The molecule has 5 rings (SSSR count). The summed E-state index contributed by atoms with van der Waals surface area (Å²) in [5.74, 6) is 1.19. The Balaban J connectivity index is 1.08. The second kappa shape index (κ2) is 11.6. The van der Waals surface area contributed by atoms with Crippen LogP contribution >= 0.6 is 0 Å². The van der Waals surface area contributed by atoms with Gasteiger partial charge in [0, 0.05) is 64.1 Å². The zero-order chi connectivity index (χ0) is 24.7. The van der Waals surface area contributed by atoms with Crippen molar-refractivity contribution in [3.8, 4) is 5.75 Å². The molecule has 2 aliphatic heterocycles. The first-order valence-corrected chi connectivity index (χ1v) is 12.8. The Kier molecular flexibility index (Phi) is 7.81. The molecule has 2 aromatic carbocycles. The fourth-order valence-corrected chi connectivity index (χ4v) is 5.13. The Morgan fingerprint density at radius 1 is 1.06 bits per heavy atom. The number of likely N-dealkylation sites (tertiary alicyclic amines) is 1. The summed E-state index contributed by atoms with van der Waals surface area (Å²) in [6.07, 6.45) is 7.26. The van der Waals surface area contributed by atoms with E-state index >= 15 is 0 Å². The minimum absolute atomic E-state index is 0.134. The molecule has 0 bridgehead atoms. The van der Waals surface area contributed by atoms with Gasteiger partial charge in [0.2, 0.25) is 5.91 Å². The van der Waals surface area contributed by atoms with Crippen molar-refractivity contribution in [3.63, 3.8) is 0 Å². The van der Waals surface area contributed by atoms with Crippen LogP contribution in [0.5, 0.6) is 5.75 Å². The van der Waals surface area contributed by atoms with Gasteiger partial charge in [-0.3, -0.25) is 9.69 Å². The minimum Gasteiger partial charge on any atom is -0.493 e. The van der Waals surface area contributed by atoms with Crippen molar-refractivity contribution >= 4 is 11.6 Å². The van der Waals surface area contributed by atoms with E-state index in [0.717, 1.165) is 64.4 Å². The fourth-order valence-electron chi connectivity index (χ4n) is 5.13. The molecule has 1 aromatic heterocycles. The van der Waals surface area contributed by atoms with Crippen molar-refractivity contribution in [2.45, 2.75) is 25.9 Å². The molecule has 36 heavy (non-hydrogen) atoms. The molecule has 7 nitrogen and oxygen atoms in total. The highest BCUT2D eigenvalue weighted by Gasteiger charge is 2.24. The van der Waals surface area contributed by atoms with Crippen molar-refractivity contribution in [3.05, 3.63) is 78.6 Å². The number of para-hydroxylation sites is 1. The third kappa shape index (κ3) is 6.23. The van der Waals surface area contributed by atoms with Gasteiger partial charge in [-0.15, -0.1) is 0 Å². The van der Waals surface area contributed by atoms with Crippen LogP contribution < -0.4 is 9.64 Å². The second-order valence-electron chi connectivity index (χ2n) is 9.76. The second-order valence-corrected chi connectivity index (χ2v) is 9.76. The molecule has 190 valence electrons. The number of nitrogens with zero attached hydrogens (tertiary/aromatic N) is 5. The molecule has 1 amide bonds. The molecule has 2 aliphatic rings. The molecule has 0 saturated carbocycles. The van der Waals surface area contributed by atoms with Gasteiger partial charge in [0.15, 0.2) is 0 Å². The van der Waals surface area contributed by atoms with Gasteiger partial charge in [-0.2, -0.15) is 0 Å². The number of aromatic nitrogens is 2. The summed E-state index contributed by atoms with van der Waals surface area (Å²) >= 11 is 0. The number of halogens is 1. The van der Waals surface area contributed by atoms with E-state index in [-0.39, 0.29) is 11.7 Å². The Morgan fingerprint density at radius 2 is 1.92 bits per heavy atom. The number of amides is 1. The largest absolute Gasteiger partial charge is 0.493 e. The predicted molar refractivity (Wildman–Crippen MR) is 137 cm³/mol. The minimum atomic E-state index is -0.153. The summed E-state index contributed by atoms with van der Waals surface area (Å²) in [7, 11) is 0. The molecule has 8 heteroatoms. The first-order valence-electron chi connectivity index (χ1n) is 12.8. The van der Waals surface area contributed by atoms with Crippen LogP contribution in [0.3, 0.4) is 0 Å². The maximum Gasteiger partial charge on any atom is 0.242 e. The topological polar surface area (TPSA) is 53.8 Å². The van der Waals surface area contributed by atoms with Crippen molar-refractivity contribution in [2.24, 2.45) is 5.92 Å². The lowest BCUT2D eigenvalue weighted by atomic mass is 9.99. The summed E-state index contributed by atoms with van der Waals surface area (Å²) in [4.78, 5) is 23.1. The summed E-state index contributed by atoms with van der Waals surface area (Å²) in [6, 6.07) is 15.3. The first-order chi connectivity index (χ1) is 17.6. The van der Waals surface area contributed by atoms with Gasteiger partial charge in [0.05, 0.1) is 18.6 Å². The van der Waals surface area contributed by atoms with E-state index in [1.165, 1.54) is 11.6 Å². The van der Waals surface area contributed by atoms with Crippen molar-refractivity contribution in [1.82, 2.24) is 19.4 Å². The summed E-state index contributed by atoms with van der Waals surface area (Å²) < 4.78 is 22.1. The molecule has 0 aliphatic carbocycles. The quantitative estimate of drug-likeness (QED) is 0.482. The van der Waals surface area contributed by atoms with Crippen LogP contribution in [0.15, 0.2) is 67.3 Å². The lowest BCUT2D eigenvalue weighted by molar-refractivity contribution is -0.133. The van der Waals surface area contributed by atoms with Crippen molar-refractivity contribution in [1.29, 1.82) is 0 Å². The van der Waals surface area contributed by atoms with Gasteiger partial charge in [-0.25, -0.2) is 9.37 Å². The Labute approximate surface area is 212 Å². The normalized spacial score (nSPS) is 18.9. The van der Waals surface area contributed by atoms with Crippen LogP contribution in [-0.2, 0) is 17.9 Å². The van der Waals surface area contributed by atoms with Crippen LogP contribution in [0, 0.1) is 11.7 Å². The molecule has 1 atom stereocenters. The molecule has 3 heterocycles. The highest BCUT2D eigenvalue weighted by Crippen LogP contribution is 2.23. The molecule has 3 aromatic rings. The molecule has 0 radical (unpaired) electrons. The maximum absolute atomic E-state index is 14.1. The Hall–Kier alpha value is -3.39. The van der Waals surface area contributed by atoms with Crippen LogP contribution in [0.4, 0.5) is 10.1 Å². The van der Waals surface area contributed by atoms with Crippen molar-refractivity contribution < 1.29 is 13.9 Å². The number of hydrogen-bond acceptors (Lipinski definition) is 5. The van der Waals surface area contributed by atoms with E-state index in [1.54, 1.807) is 18.6 Å². The molecular weight excluding hydrogens is 457 g/mol. The van der Waals surface area contributed by atoms with Gasteiger partial charge in [0.25, 0.3) is 0 Å². The molecule has 1 unspecified atom stereocenters. The van der Waals surface area contributed by atoms with Crippen molar-refractivity contribution in [2.75, 3.05) is 50.8 Å². The number of piperidine rings is 1. The first kappa shape index (κ1) is 24.3. The fraction of sp³-hybridized carbons (Fsp3) is 0.429. The highest BCUT2D eigenvalue weighted by atomic mass is 19.1. The van der Waals surface area contributed by atoms with Crippen LogP contribution in [-0.4, -0.2) is 71.1 Å². The lowest BCUT2D eigenvalue weighted by Gasteiger charge is -2.36. The predicted octanol–water partition coefficient (Wildman–Crippen LogP) is 3.66. The Morgan fingerprint density at radius 3 is 2.72 bits per heavy atom. The smallest absolute Gasteiger partial charge is 0.242 e. The van der Waals surface area contributed by atoms with Crippen LogP contribution in [0.2, 0.25) is 0 Å². The average Bonchev–Trinajstić information content (AvgIpc) is 3.42. The molecule has 0 spiro atoms. The number of anilines is 1. The number of imidazole rings is 1. The van der Waals surface area contributed by atoms with Gasteiger partial charge in [-0.05, 0) is 42.7 Å². The molecule has 2 saturated heterocycles. The van der Waals surface area contributed by atoms with E-state index in [9.17, 15) is 9.18 Å². The number of benzene rings is 2. The van der Waals surface area contributed by atoms with E-state index < -0.39 is 0 Å². The van der Waals surface area contributed by atoms with Gasteiger partial charge in [0.1, 0.15) is 18.1 Å². The number of carbonyl (C=O) groups is 1. The third-order valence-corrected chi connectivity index (χ3v) is 7.10. The van der Waals surface area contributed by atoms with Crippen LogP contribution in [0.25, 0.3) is 0 Å². The van der Waals surface area contributed by atoms with E-state index in [1.807, 2.05) is 39.9 Å². The lowest BCUT2D eigenvalue weighted by Crippen LogP contribution is -2.46. The SMILES string of the molecule is O=C(Cn1ccnc1)N1CCCC(COc2cccc(CN3CCN(c4ccccc4F)CC3)c2)C1. The van der Waals surface area contributed by atoms with E-state index in [0.29, 0.717) is 24.8 Å². The number of hydrogen-bond donors (Lipinski definition) is 0. The van der Waals surface area contributed by atoms with Gasteiger partial charge in [-0.1, -0.05) is 24.3 Å².